The van der Waals surface area contributed by atoms with E-state index in [1.807, 2.05) is 24.3 Å². The van der Waals surface area contributed by atoms with Crippen LogP contribution in [0.15, 0.2) is 33.8 Å². The van der Waals surface area contributed by atoms with E-state index in [9.17, 15) is 0 Å². The molecule has 25 heavy (non-hydrogen) atoms. The van der Waals surface area contributed by atoms with Crippen LogP contribution in [-0.4, -0.2) is 32.8 Å². The lowest BCUT2D eigenvalue weighted by Crippen LogP contribution is -2.31. The second kappa shape index (κ2) is 6.37. The lowest BCUT2D eigenvalue weighted by Gasteiger charge is -2.27. The summed E-state index contributed by atoms with van der Waals surface area (Å²) in [6.07, 6.45) is 6.30. The van der Waals surface area contributed by atoms with Crippen molar-refractivity contribution in [2.45, 2.75) is 49.1 Å². The summed E-state index contributed by atoms with van der Waals surface area (Å²) in [6.45, 7) is 2.20. The molecule has 130 valence electrons. The standard InChI is InChI=1S/C18H21N5OS/c1-4-10-22(11-5-1)17-20-21-18(23(17)13-8-9-13)25-12-16-19-14-6-2-3-7-15(14)24-16/h2-3,6-7,13H,1,4-5,8-12H2. The van der Waals surface area contributed by atoms with Gasteiger partial charge < -0.3 is 9.32 Å². The number of piperidine rings is 1. The van der Waals surface area contributed by atoms with Gasteiger partial charge in [-0.15, -0.1) is 10.2 Å². The Labute approximate surface area is 150 Å². The molecule has 7 heteroatoms. The quantitative estimate of drug-likeness (QED) is 0.644. The van der Waals surface area contributed by atoms with E-state index >= 15 is 0 Å². The molecule has 0 spiro atoms. The fourth-order valence-electron chi connectivity index (χ4n) is 3.44. The number of anilines is 1. The summed E-state index contributed by atoms with van der Waals surface area (Å²) in [4.78, 5) is 6.96. The van der Waals surface area contributed by atoms with Gasteiger partial charge in [0.05, 0.1) is 5.75 Å². The number of aromatic nitrogens is 4. The Bertz CT molecular complexity index is 846. The van der Waals surface area contributed by atoms with Crippen molar-refractivity contribution in [2.24, 2.45) is 0 Å². The second-order valence-electron chi connectivity index (χ2n) is 6.80. The first-order valence-corrected chi connectivity index (χ1v) is 10.0. The lowest BCUT2D eigenvalue weighted by atomic mass is 10.1. The van der Waals surface area contributed by atoms with Gasteiger partial charge in [-0.25, -0.2) is 4.98 Å². The molecule has 0 N–H and O–H groups in total. The highest BCUT2D eigenvalue weighted by Crippen LogP contribution is 2.41. The zero-order valence-corrected chi connectivity index (χ0v) is 14.9. The summed E-state index contributed by atoms with van der Waals surface area (Å²) in [7, 11) is 0. The van der Waals surface area contributed by atoms with Gasteiger partial charge in [-0.1, -0.05) is 23.9 Å². The molecule has 0 amide bonds. The Hall–Kier alpha value is -2.02. The molecule has 1 saturated heterocycles. The molecule has 2 fully saturated rings. The highest BCUT2D eigenvalue weighted by atomic mass is 32.2. The molecule has 0 bridgehead atoms. The molecule has 1 saturated carbocycles. The van der Waals surface area contributed by atoms with E-state index in [2.05, 4.69) is 24.6 Å². The van der Waals surface area contributed by atoms with Crippen LogP contribution in [0.2, 0.25) is 0 Å². The Morgan fingerprint density at radius 2 is 1.92 bits per heavy atom. The molecule has 3 heterocycles. The summed E-state index contributed by atoms with van der Waals surface area (Å²) in [5.41, 5.74) is 1.76. The predicted octanol–water partition coefficient (Wildman–Crippen LogP) is 4.04. The van der Waals surface area contributed by atoms with Crippen molar-refractivity contribution in [1.82, 2.24) is 19.7 Å². The van der Waals surface area contributed by atoms with Crippen molar-refractivity contribution < 1.29 is 4.42 Å². The van der Waals surface area contributed by atoms with Crippen molar-refractivity contribution in [1.29, 1.82) is 0 Å². The Morgan fingerprint density at radius 3 is 2.72 bits per heavy atom. The normalized spacial score (nSPS) is 18.2. The number of rotatable bonds is 5. The SMILES string of the molecule is c1ccc2oc(CSc3nnc(N4CCCCC4)n3C3CC3)nc2c1. The number of hydrogen-bond donors (Lipinski definition) is 0. The molecule has 1 aliphatic carbocycles. The molecule has 1 aromatic carbocycles. The third-order valence-electron chi connectivity index (χ3n) is 4.86. The van der Waals surface area contributed by atoms with E-state index in [4.69, 9.17) is 4.42 Å². The number of benzene rings is 1. The molecule has 0 radical (unpaired) electrons. The first-order chi connectivity index (χ1) is 12.4. The summed E-state index contributed by atoms with van der Waals surface area (Å²) in [5, 5.41) is 10.0. The highest BCUT2D eigenvalue weighted by molar-refractivity contribution is 7.98. The number of nitrogens with zero attached hydrogens (tertiary/aromatic N) is 5. The maximum Gasteiger partial charge on any atom is 0.228 e. The molecule has 0 unspecified atom stereocenters. The van der Waals surface area contributed by atoms with Crippen LogP contribution in [0.3, 0.4) is 0 Å². The first kappa shape index (κ1) is 15.3. The van der Waals surface area contributed by atoms with Gasteiger partial charge in [0.1, 0.15) is 5.52 Å². The number of hydrogen-bond acceptors (Lipinski definition) is 6. The summed E-state index contributed by atoms with van der Waals surface area (Å²) in [6, 6.07) is 8.46. The number of oxazole rings is 1. The van der Waals surface area contributed by atoms with Crippen LogP contribution in [0.5, 0.6) is 0 Å². The molecule has 1 aliphatic heterocycles. The molecular weight excluding hydrogens is 334 g/mol. The first-order valence-electron chi connectivity index (χ1n) is 9.05. The fourth-order valence-corrected chi connectivity index (χ4v) is 4.28. The van der Waals surface area contributed by atoms with Crippen molar-refractivity contribution in [3.63, 3.8) is 0 Å². The second-order valence-corrected chi connectivity index (χ2v) is 7.74. The average molecular weight is 355 g/mol. The molecule has 3 aromatic rings. The highest BCUT2D eigenvalue weighted by Gasteiger charge is 2.32. The number of para-hydroxylation sites is 2. The summed E-state index contributed by atoms with van der Waals surface area (Å²) >= 11 is 1.67. The van der Waals surface area contributed by atoms with E-state index in [-0.39, 0.29) is 0 Å². The van der Waals surface area contributed by atoms with Crippen LogP contribution in [-0.2, 0) is 5.75 Å². The minimum Gasteiger partial charge on any atom is -0.440 e. The zero-order chi connectivity index (χ0) is 16.6. The van der Waals surface area contributed by atoms with Crippen LogP contribution in [0, 0.1) is 0 Å². The monoisotopic (exact) mass is 355 g/mol. The molecule has 6 nitrogen and oxygen atoms in total. The van der Waals surface area contributed by atoms with Gasteiger partial charge in [0.25, 0.3) is 0 Å². The molecule has 0 atom stereocenters. The van der Waals surface area contributed by atoms with E-state index in [0.29, 0.717) is 11.8 Å². The average Bonchev–Trinajstić information content (AvgIpc) is 3.27. The van der Waals surface area contributed by atoms with Crippen LogP contribution >= 0.6 is 11.8 Å². The van der Waals surface area contributed by atoms with Crippen molar-refractivity contribution in [3.8, 4) is 0 Å². The van der Waals surface area contributed by atoms with Crippen LogP contribution in [0.1, 0.15) is 44.0 Å². The maximum absolute atomic E-state index is 5.83. The van der Waals surface area contributed by atoms with Crippen molar-refractivity contribution in [3.05, 3.63) is 30.2 Å². The zero-order valence-electron chi connectivity index (χ0n) is 14.1. The Kier molecular flexibility index (Phi) is 3.88. The van der Waals surface area contributed by atoms with Crippen LogP contribution < -0.4 is 4.90 Å². The van der Waals surface area contributed by atoms with Gasteiger partial charge in [0, 0.05) is 19.1 Å². The minimum absolute atomic E-state index is 0.568. The largest absolute Gasteiger partial charge is 0.440 e. The van der Waals surface area contributed by atoms with Gasteiger partial charge in [0.2, 0.25) is 11.8 Å². The maximum atomic E-state index is 5.83. The summed E-state index contributed by atoms with van der Waals surface area (Å²) < 4.78 is 8.17. The minimum atomic E-state index is 0.568. The van der Waals surface area contributed by atoms with E-state index < -0.39 is 0 Å². The van der Waals surface area contributed by atoms with Crippen LogP contribution in [0.25, 0.3) is 11.1 Å². The Balaban J connectivity index is 1.37. The molecule has 2 aromatic heterocycles. The predicted molar refractivity (Wildman–Crippen MR) is 97.9 cm³/mol. The van der Waals surface area contributed by atoms with E-state index in [1.54, 1.807) is 11.8 Å². The van der Waals surface area contributed by atoms with Gasteiger partial charge in [-0.05, 0) is 44.2 Å². The Morgan fingerprint density at radius 1 is 1.08 bits per heavy atom. The fraction of sp³-hybridized carbons (Fsp3) is 0.500. The number of fused-ring (bicyclic) bond motifs is 1. The van der Waals surface area contributed by atoms with E-state index in [0.717, 1.165) is 41.2 Å². The summed E-state index contributed by atoms with van der Waals surface area (Å²) in [5.74, 6) is 2.48. The molecule has 2 aliphatic rings. The van der Waals surface area contributed by atoms with Gasteiger partial charge in [-0.3, -0.25) is 4.57 Å². The lowest BCUT2D eigenvalue weighted by molar-refractivity contribution is 0.547. The van der Waals surface area contributed by atoms with Crippen molar-refractivity contribution >= 4 is 28.8 Å². The van der Waals surface area contributed by atoms with Gasteiger partial charge >= 0.3 is 0 Å². The van der Waals surface area contributed by atoms with Crippen LogP contribution in [0.4, 0.5) is 5.95 Å². The van der Waals surface area contributed by atoms with E-state index in [1.165, 1.54) is 32.1 Å². The molecular formula is C18H21N5OS. The van der Waals surface area contributed by atoms with Gasteiger partial charge in [-0.2, -0.15) is 0 Å². The number of thioether (sulfide) groups is 1. The topological polar surface area (TPSA) is 60.0 Å². The van der Waals surface area contributed by atoms with Gasteiger partial charge in [0.15, 0.2) is 10.7 Å². The van der Waals surface area contributed by atoms with Crippen molar-refractivity contribution in [2.75, 3.05) is 18.0 Å². The molecule has 5 rings (SSSR count). The third-order valence-corrected chi connectivity index (χ3v) is 5.79. The smallest absolute Gasteiger partial charge is 0.228 e. The third kappa shape index (κ3) is 3.01.